The molecule has 0 amide bonds. The summed E-state index contributed by atoms with van der Waals surface area (Å²) >= 11 is 1.12. The zero-order chi connectivity index (χ0) is 11.5. The molecular weight excluding hydrogens is 234 g/mol. The highest BCUT2D eigenvalue weighted by Gasteiger charge is 2.17. The van der Waals surface area contributed by atoms with E-state index in [4.69, 9.17) is 5.11 Å². The second-order valence-corrected chi connectivity index (χ2v) is 6.36. The number of hydrogen-bond donors (Lipinski definition) is 2. The largest absolute Gasteiger partial charge is 0.391 e. The van der Waals surface area contributed by atoms with Gasteiger partial charge < -0.3 is 5.11 Å². The van der Waals surface area contributed by atoms with E-state index in [9.17, 15) is 8.42 Å². The lowest BCUT2D eigenvalue weighted by molar-refractivity contribution is 0.285. The summed E-state index contributed by atoms with van der Waals surface area (Å²) in [6, 6.07) is 1.59. The van der Waals surface area contributed by atoms with Crippen LogP contribution in [0.5, 0.6) is 0 Å². The highest BCUT2D eigenvalue weighted by molar-refractivity contribution is 7.91. The van der Waals surface area contributed by atoms with Crippen LogP contribution in [-0.2, 0) is 16.6 Å². The molecule has 0 radical (unpaired) electrons. The van der Waals surface area contributed by atoms with E-state index in [1.165, 1.54) is 0 Å². The van der Waals surface area contributed by atoms with E-state index in [0.717, 1.165) is 23.3 Å². The first kappa shape index (κ1) is 12.6. The van der Waals surface area contributed by atoms with Crippen LogP contribution in [0.4, 0.5) is 0 Å². The number of hydrogen-bond acceptors (Lipinski definition) is 4. The lowest BCUT2D eigenvalue weighted by atomic mass is 10.3. The highest BCUT2D eigenvalue weighted by Crippen LogP contribution is 2.25. The van der Waals surface area contributed by atoms with Crippen molar-refractivity contribution < 1.29 is 13.5 Å². The molecule has 0 saturated carbocycles. The van der Waals surface area contributed by atoms with Crippen LogP contribution in [0.15, 0.2) is 10.3 Å². The maximum absolute atomic E-state index is 11.7. The van der Waals surface area contributed by atoms with Crippen LogP contribution in [0.2, 0.25) is 0 Å². The minimum Gasteiger partial charge on any atom is -0.391 e. The lowest BCUT2D eigenvalue weighted by Gasteiger charge is -2.01. The van der Waals surface area contributed by atoms with Crippen LogP contribution in [0.3, 0.4) is 0 Å². The van der Waals surface area contributed by atoms with Crippen LogP contribution >= 0.6 is 11.3 Å². The van der Waals surface area contributed by atoms with Gasteiger partial charge in [0, 0.05) is 11.4 Å². The Morgan fingerprint density at radius 2 is 2.20 bits per heavy atom. The van der Waals surface area contributed by atoms with Crippen molar-refractivity contribution in [3.8, 4) is 0 Å². The van der Waals surface area contributed by atoms with Crippen molar-refractivity contribution in [2.75, 3.05) is 6.54 Å². The average molecular weight is 249 g/mol. The van der Waals surface area contributed by atoms with Gasteiger partial charge in [-0.25, -0.2) is 13.1 Å². The molecule has 0 atom stereocenters. The summed E-state index contributed by atoms with van der Waals surface area (Å²) in [5.74, 6) is 0. The van der Waals surface area contributed by atoms with Gasteiger partial charge >= 0.3 is 0 Å². The number of thiophene rings is 1. The zero-order valence-electron chi connectivity index (χ0n) is 8.78. The Morgan fingerprint density at radius 3 is 2.67 bits per heavy atom. The molecule has 0 aromatic carbocycles. The normalized spacial score (nSPS) is 11.9. The van der Waals surface area contributed by atoms with Gasteiger partial charge in [0.25, 0.3) is 0 Å². The van der Waals surface area contributed by atoms with E-state index < -0.39 is 10.0 Å². The molecule has 6 heteroatoms. The zero-order valence-corrected chi connectivity index (χ0v) is 10.4. The van der Waals surface area contributed by atoms with Gasteiger partial charge in [-0.05, 0) is 25.0 Å². The molecule has 0 aliphatic heterocycles. The van der Waals surface area contributed by atoms with Gasteiger partial charge in [0.05, 0.1) is 6.61 Å². The average Bonchev–Trinajstić information content (AvgIpc) is 2.57. The van der Waals surface area contributed by atoms with Gasteiger partial charge in [-0.1, -0.05) is 6.92 Å². The monoisotopic (exact) mass is 249 g/mol. The van der Waals surface area contributed by atoms with Crippen molar-refractivity contribution in [2.24, 2.45) is 0 Å². The third kappa shape index (κ3) is 3.01. The standard InChI is InChI=1S/C9H15NO3S2/c1-3-4-10-15(12,13)9-5-7(2)8(6-11)14-9/h5,10-11H,3-4,6H2,1-2H3. The van der Waals surface area contributed by atoms with Crippen LogP contribution < -0.4 is 4.72 Å². The molecule has 1 aromatic heterocycles. The second kappa shape index (κ2) is 5.07. The third-order valence-corrected chi connectivity index (χ3v) is 5.11. The summed E-state index contributed by atoms with van der Waals surface area (Å²) in [7, 11) is -3.38. The SMILES string of the molecule is CCCNS(=O)(=O)c1cc(C)c(CO)s1. The lowest BCUT2D eigenvalue weighted by Crippen LogP contribution is -2.23. The van der Waals surface area contributed by atoms with Crippen molar-refractivity contribution >= 4 is 21.4 Å². The van der Waals surface area contributed by atoms with Crippen LogP contribution in [0.1, 0.15) is 23.8 Å². The summed E-state index contributed by atoms with van der Waals surface area (Å²) in [6.45, 7) is 4.02. The molecule has 2 N–H and O–H groups in total. The maximum Gasteiger partial charge on any atom is 0.250 e. The molecule has 1 heterocycles. The smallest absolute Gasteiger partial charge is 0.250 e. The molecule has 1 rings (SSSR count). The number of nitrogens with one attached hydrogen (secondary N) is 1. The quantitative estimate of drug-likeness (QED) is 0.825. The Morgan fingerprint density at radius 1 is 1.53 bits per heavy atom. The molecule has 0 unspecified atom stereocenters. The number of aryl methyl sites for hydroxylation is 1. The summed E-state index contributed by atoms with van der Waals surface area (Å²) in [5.41, 5.74) is 0.819. The minimum atomic E-state index is -3.38. The molecule has 0 fully saturated rings. The van der Waals surface area contributed by atoms with E-state index >= 15 is 0 Å². The Labute approximate surface area is 94.0 Å². The molecule has 4 nitrogen and oxygen atoms in total. The Kier molecular flexibility index (Phi) is 4.27. The molecule has 0 aliphatic rings. The molecule has 0 spiro atoms. The second-order valence-electron chi connectivity index (χ2n) is 3.23. The van der Waals surface area contributed by atoms with Crippen LogP contribution in [0, 0.1) is 6.92 Å². The fourth-order valence-corrected chi connectivity index (χ4v) is 3.71. The summed E-state index contributed by atoms with van der Waals surface area (Å²) in [5, 5.41) is 8.97. The first-order valence-corrected chi connectivity index (χ1v) is 7.01. The predicted octanol–water partition coefficient (Wildman–Crippen LogP) is 1.24. The minimum absolute atomic E-state index is 0.111. The van der Waals surface area contributed by atoms with E-state index in [0.29, 0.717) is 11.4 Å². The predicted molar refractivity (Wildman–Crippen MR) is 60.5 cm³/mol. The van der Waals surface area contributed by atoms with Crippen LogP contribution in [0.25, 0.3) is 0 Å². The molecule has 0 aliphatic carbocycles. The molecule has 86 valence electrons. The Hall–Kier alpha value is -0.430. The Balaban J connectivity index is 2.95. The van der Waals surface area contributed by atoms with Gasteiger partial charge in [0.1, 0.15) is 4.21 Å². The Bertz CT molecular complexity index is 423. The van der Waals surface area contributed by atoms with E-state index in [2.05, 4.69) is 4.72 Å². The topological polar surface area (TPSA) is 66.4 Å². The summed E-state index contributed by atoms with van der Waals surface area (Å²) in [6.07, 6.45) is 0.760. The van der Waals surface area contributed by atoms with Crippen molar-refractivity contribution in [3.05, 3.63) is 16.5 Å². The number of aliphatic hydroxyl groups excluding tert-OH is 1. The number of aliphatic hydroxyl groups is 1. The van der Waals surface area contributed by atoms with E-state index in [1.54, 1.807) is 13.0 Å². The fraction of sp³-hybridized carbons (Fsp3) is 0.556. The van der Waals surface area contributed by atoms with Crippen LogP contribution in [-0.4, -0.2) is 20.1 Å². The molecule has 1 aromatic rings. The fourth-order valence-electron chi connectivity index (χ4n) is 1.09. The van der Waals surface area contributed by atoms with Gasteiger partial charge in [-0.2, -0.15) is 0 Å². The van der Waals surface area contributed by atoms with E-state index in [1.807, 2.05) is 6.92 Å². The maximum atomic E-state index is 11.7. The van der Waals surface area contributed by atoms with Crippen molar-refractivity contribution in [2.45, 2.75) is 31.1 Å². The molecule has 0 bridgehead atoms. The summed E-state index contributed by atoms with van der Waals surface area (Å²) in [4.78, 5) is 0.701. The third-order valence-electron chi connectivity index (χ3n) is 1.95. The van der Waals surface area contributed by atoms with Crippen molar-refractivity contribution in [1.29, 1.82) is 0 Å². The number of rotatable bonds is 5. The molecule has 0 saturated heterocycles. The summed E-state index contributed by atoms with van der Waals surface area (Å²) < 4.78 is 26.1. The first-order valence-electron chi connectivity index (χ1n) is 4.71. The van der Waals surface area contributed by atoms with Gasteiger partial charge in [-0.3, -0.25) is 0 Å². The highest BCUT2D eigenvalue weighted by atomic mass is 32.2. The molecular formula is C9H15NO3S2. The van der Waals surface area contributed by atoms with Gasteiger partial charge in [-0.15, -0.1) is 11.3 Å². The number of sulfonamides is 1. The first-order chi connectivity index (χ1) is 7.01. The van der Waals surface area contributed by atoms with E-state index in [-0.39, 0.29) is 10.8 Å². The van der Waals surface area contributed by atoms with Gasteiger partial charge in [0.2, 0.25) is 10.0 Å². The molecule has 15 heavy (non-hydrogen) atoms. The van der Waals surface area contributed by atoms with Crippen molar-refractivity contribution in [1.82, 2.24) is 4.72 Å². The van der Waals surface area contributed by atoms with Crippen molar-refractivity contribution in [3.63, 3.8) is 0 Å². The van der Waals surface area contributed by atoms with Gasteiger partial charge in [0.15, 0.2) is 0 Å².